The summed E-state index contributed by atoms with van der Waals surface area (Å²) in [5.74, 6) is 0. The number of hydrogen-bond acceptors (Lipinski definition) is 1. The Balaban J connectivity index is 2.50. The molecule has 0 saturated heterocycles. The minimum Gasteiger partial charge on any atom is -0.256 e. The zero-order valence-corrected chi connectivity index (χ0v) is 9.81. The molecule has 14 heavy (non-hydrogen) atoms. The Morgan fingerprint density at radius 3 is 2.93 bits per heavy atom. The van der Waals surface area contributed by atoms with Crippen LogP contribution in [-0.2, 0) is 6.04 Å². The Labute approximate surface area is 92.1 Å². The van der Waals surface area contributed by atoms with Crippen molar-refractivity contribution >= 4 is 44.9 Å². The van der Waals surface area contributed by atoms with E-state index in [-0.39, 0.29) is 0 Å². The fourth-order valence-electron chi connectivity index (χ4n) is 2.06. The van der Waals surface area contributed by atoms with E-state index in [2.05, 4.69) is 4.98 Å². The van der Waals surface area contributed by atoms with E-state index in [1.54, 1.807) is 0 Å². The first kappa shape index (κ1) is 8.71. The van der Waals surface area contributed by atoms with Gasteiger partial charge in [-0.3, -0.25) is 4.98 Å². The molecule has 0 spiro atoms. The SMILES string of the molecule is Cl[Si]1(Cl)Cc2ccnc3cccc1c23. The van der Waals surface area contributed by atoms with E-state index in [1.165, 1.54) is 10.9 Å². The summed E-state index contributed by atoms with van der Waals surface area (Å²) in [7, 11) is 0. The molecule has 1 aliphatic rings. The molecule has 4 heteroatoms. The highest BCUT2D eigenvalue weighted by Gasteiger charge is 2.39. The Kier molecular flexibility index (Phi) is 1.69. The van der Waals surface area contributed by atoms with Gasteiger partial charge in [0.05, 0.1) is 5.52 Å². The summed E-state index contributed by atoms with van der Waals surface area (Å²) in [6, 6.07) is 8.85. The quantitative estimate of drug-likeness (QED) is 0.509. The molecule has 0 fully saturated rings. The van der Waals surface area contributed by atoms with Crippen LogP contribution in [0, 0.1) is 0 Å². The second-order valence-electron chi connectivity index (χ2n) is 3.55. The molecule has 0 radical (unpaired) electrons. The number of rotatable bonds is 0. The van der Waals surface area contributed by atoms with Gasteiger partial charge in [-0.1, -0.05) is 12.1 Å². The molecule has 2 heterocycles. The van der Waals surface area contributed by atoms with E-state index in [9.17, 15) is 0 Å². The van der Waals surface area contributed by atoms with Crippen molar-refractivity contribution < 1.29 is 0 Å². The average molecular weight is 240 g/mol. The first-order valence-electron chi connectivity index (χ1n) is 4.43. The first-order valence-corrected chi connectivity index (χ1v) is 8.66. The van der Waals surface area contributed by atoms with Crippen LogP contribution < -0.4 is 5.19 Å². The zero-order valence-electron chi connectivity index (χ0n) is 7.30. The lowest BCUT2D eigenvalue weighted by Crippen LogP contribution is -2.34. The van der Waals surface area contributed by atoms with Crippen LogP contribution in [-0.4, -0.2) is 11.7 Å². The van der Waals surface area contributed by atoms with Gasteiger partial charge in [-0.25, -0.2) is 0 Å². The first-order chi connectivity index (χ1) is 6.68. The molecule has 0 N–H and O–H groups in total. The summed E-state index contributed by atoms with van der Waals surface area (Å²) in [4.78, 5) is 4.31. The Morgan fingerprint density at radius 2 is 2.07 bits per heavy atom. The van der Waals surface area contributed by atoms with Crippen molar-refractivity contribution in [2.45, 2.75) is 6.04 Å². The molecule has 70 valence electrons. The van der Waals surface area contributed by atoms with Crippen molar-refractivity contribution in [1.82, 2.24) is 4.98 Å². The maximum absolute atomic E-state index is 6.38. The third-order valence-corrected chi connectivity index (χ3v) is 6.71. The molecule has 0 atom stereocenters. The molecule has 1 nitrogen and oxygen atoms in total. The lowest BCUT2D eigenvalue weighted by Gasteiger charge is -2.08. The van der Waals surface area contributed by atoms with E-state index in [1.807, 2.05) is 30.5 Å². The molecular weight excluding hydrogens is 233 g/mol. The van der Waals surface area contributed by atoms with Gasteiger partial charge in [-0.05, 0) is 28.9 Å². The zero-order chi connectivity index (χ0) is 9.76. The molecule has 1 aromatic heterocycles. The Bertz CT molecular complexity index is 519. The Morgan fingerprint density at radius 1 is 1.21 bits per heavy atom. The standard InChI is InChI=1S/C10H7Cl2NSi/c11-14(12)6-7-4-5-13-8-2-1-3-9(14)10(7)8/h1-5H,6H2. The van der Waals surface area contributed by atoms with Crippen molar-refractivity contribution in [2.24, 2.45) is 0 Å². The Hall–Kier alpha value is -0.573. The summed E-state index contributed by atoms with van der Waals surface area (Å²) in [6.45, 7) is -2.24. The average Bonchev–Trinajstić information content (AvgIpc) is 2.41. The predicted molar refractivity (Wildman–Crippen MR) is 62.5 cm³/mol. The summed E-state index contributed by atoms with van der Waals surface area (Å²) >= 11 is 12.8. The summed E-state index contributed by atoms with van der Waals surface area (Å²) < 4.78 is 0. The maximum Gasteiger partial charge on any atom is 0.285 e. The molecule has 1 aromatic carbocycles. The van der Waals surface area contributed by atoms with Crippen LogP contribution in [0.2, 0.25) is 0 Å². The molecule has 3 rings (SSSR count). The highest BCUT2D eigenvalue weighted by atomic mass is 35.7. The smallest absolute Gasteiger partial charge is 0.256 e. The van der Waals surface area contributed by atoms with Crippen LogP contribution in [0.5, 0.6) is 0 Å². The molecule has 0 amide bonds. The van der Waals surface area contributed by atoms with Crippen LogP contribution in [0.3, 0.4) is 0 Å². The maximum atomic E-state index is 6.38. The molecule has 0 bridgehead atoms. The number of hydrogen-bond donors (Lipinski definition) is 0. The van der Waals surface area contributed by atoms with Crippen molar-refractivity contribution in [1.29, 1.82) is 0 Å². The van der Waals surface area contributed by atoms with Crippen molar-refractivity contribution in [3.63, 3.8) is 0 Å². The summed E-state index contributed by atoms with van der Waals surface area (Å²) in [5.41, 5.74) is 2.26. The minimum absolute atomic E-state index is 0.814. The molecule has 0 unspecified atom stereocenters. The number of halogens is 2. The normalized spacial score (nSPS) is 17.6. The van der Waals surface area contributed by atoms with E-state index in [0.717, 1.165) is 16.7 Å². The highest BCUT2D eigenvalue weighted by Crippen LogP contribution is 2.32. The predicted octanol–water partition coefficient (Wildman–Crippen LogP) is 2.46. The fraction of sp³-hybridized carbons (Fsp3) is 0.100. The van der Waals surface area contributed by atoms with Gasteiger partial charge in [0.25, 0.3) is 6.69 Å². The molecule has 0 aliphatic carbocycles. The van der Waals surface area contributed by atoms with Gasteiger partial charge in [0.2, 0.25) is 0 Å². The van der Waals surface area contributed by atoms with Gasteiger partial charge in [0, 0.05) is 11.6 Å². The van der Waals surface area contributed by atoms with Crippen LogP contribution in [0.1, 0.15) is 5.56 Å². The second kappa shape index (κ2) is 2.72. The second-order valence-corrected chi connectivity index (χ2v) is 10.3. The van der Waals surface area contributed by atoms with E-state index in [0.29, 0.717) is 0 Å². The van der Waals surface area contributed by atoms with Gasteiger partial charge in [-0.15, -0.1) is 22.2 Å². The van der Waals surface area contributed by atoms with Crippen LogP contribution >= 0.6 is 22.2 Å². The molecule has 2 aromatic rings. The third-order valence-electron chi connectivity index (χ3n) is 2.66. The summed E-state index contributed by atoms with van der Waals surface area (Å²) in [6.07, 6.45) is 1.82. The topological polar surface area (TPSA) is 12.9 Å². The van der Waals surface area contributed by atoms with Gasteiger partial charge < -0.3 is 0 Å². The lowest BCUT2D eigenvalue weighted by atomic mass is 10.1. The monoisotopic (exact) mass is 239 g/mol. The largest absolute Gasteiger partial charge is 0.285 e. The number of nitrogens with zero attached hydrogens (tertiary/aromatic N) is 1. The summed E-state index contributed by atoms with van der Waals surface area (Å²) in [5, 5.41) is 2.31. The van der Waals surface area contributed by atoms with E-state index < -0.39 is 6.69 Å². The lowest BCUT2D eigenvalue weighted by molar-refractivity contribution is 1.36. The van der Waals surface area contributed by atoms with E-state index >= 15 is 0 Å². The van der Waals surface area contributed by atoms with Crippen LogP contribution in [0.4, 0.5) is 0 Å². The van der Waals surface area contributed by atoms with Gasteiger partial charge in [-0.2, -0.15) is 0 Å². The minimum atomic E-state index is -2.24. The number of aromatic nitrogens is 1. The molecule has 0 saturated carbocycles. The number of benzene rings is 1. The van der Waals surface area contributed by atoms with Crippen molar-refractivity contribution in [2.75, 3.05) is 0 Å². The molecule has 1 aliphatic heterocycles. The highest BCUT2D eigenvalue weighted by molar-refractivity contribution is 7.51. The van der Waals surface area contributed by atoms with Gasteiger partial charge >= 0.3 is 0 Å². The molecular formula is C10H7Cl2NSi. The van der Waals surface area contributed by atoms with Gasteiger partial charge in [0.1, 0.15) is 0 Å². The van der Waals surface area contributed by atoms with Crippen LogP contribution in [0.25, 0.3) is 10.9 Å². The van der Waals surface area contributed by atoms with Crippen molar-refractivity contribution in [3.8, 4) is 0 Å². The fourth-order valence-corrected chi connectivity index (χ4v) is 5.83. The number of pyridine rings is 1. The van der Waals surface area contributed by atoms with Crippen LogP contribution in [0.15, 0.2) is 30.5 Å². The van der Waals surface area contributed by atoms with Crippen molar-refractivity contribution in [3.05, 3.63) is 36.0 Å². The third kappa shape index (κ3) is 1.05. The van der Waals surface area contributed by atoms with E-state index in [4.69, 9.17) is 22.2 Å². The van der Waals surface area contributed by atoms with Gasteiger partial charge in [0.15, 0.2) is 0 Å².